The van der Waals surface area contributed by atoms with Crippen molar-refractivity contribution in [1.82, 2.24) is 9.55 Å². The number of para-hydroxylation sites is 1. The maximum atomic E-state index is 10.4. The zero-order valence-corrected chi connectivity index (χ0v) is 7.80. The van der Waals surface area contributed by atoms with Gasteiger partial charge in [-0.05, 0) is 12.1 Å². The van der Waals surface area contributed by atoms with Crippen molar-refractivity contribution < 1.29 is 9.53 Å². The summed E-state index contributed by atoms with van der Waals surface area (Å²) in [5, 5.41) is 0. The van der Waals surface area contributed by atoms with Crippen molar-refractivity contribution in [1.29, 1.82) is 0 Å². The van der Waals surface area contributed by atoms with E-state index in [0.717, 1.165) is 23.1 Å². The van der Waals surface area contributed by atoms with Gasteiger partial charge in [0.25, 0.3) is 0 Å². The van der Waals surface area contributed by atoms with Crippen molar-refractivity contribution in [3.8, 4) is 5.75 Å². The van der Waals surface area contributed by atoms with Crippen LogP contribution in [0.4, 0.5) is 0 Å². The molecule has 0 atom stereocenters. The second-order valence-corrected chi connectivity index (χ2v) is 2.89. The van der Waals surface area contributed by atoms with Crippen LogP contribution in [0.2, 0.25) is 0 Å². The van der Waals surface area contributed by atoms with E-state index in [4.69, 9.17) is 4.74 Å². The number of carbonyl (C=O) groups is 1. The highest BCUT2D eigenvalue weighted by Gasteiger charge is 2.06. The van der Waals surface area contributed by atoms with Gasteiger partial charge in [-0.3, -0.25) is 0 Å². The smallest absolute Gasteiger partial charge is 0.144 e. The Balaban J connectivity index is 2.67. The number of aromatic nitrogens is 2. The molecule has 0 fully saturated rings. The molecule has 2 aromatic rings. The van der Waals surface area contributed by atoms with Crippen LogP contribution in [0.15, 0.2) is 24.5 Å². The number of imidazole rings is 1. The molecule has 0 N–H and O–H groups in total. The second-order valence-electron chi connectivity index (χ2n) is 2.89. The molecule has 0 spiro atoms. The highest BCUT2D eigenvalue weighted by molar-refractivity contribution is 5.82. The van der Waals surface area contributed by atoms with Gasteiger partial charge in [0.05, 0.1) is 25.5 Å². The van der Waals surface area contributed by atoms with Crippen molar-refractivity contribution in [3.05, 3.63) is 24.5 Å². The Labute approximate surface area is 81.1 Å². The first-order valence-corrected chi connectivity index (χ1v) is 4.28. The lowest BCUT2D eigenvalue weighted by Crippen LogP contribution is -1.98. The number of ether oxygens (including phenoxy) is 1. The average molecular weight is 190 g/mol. The minimum atomic E-state index is 0.302. The van der Waals surface area contributed by atoms with E-state index in [9.17, 15) is 4.79 Å². The molecule has 1 heterocycles. The predicted octanol–water partition coefficient (Wildman–Crippen LogP) is 1.24. The molecular formula is C10H10N2O2. The molecule has 0 radical (unpaired) electrons. The van der Waals surface area contributed by atoms with E-state index in [1.165, 1.54) is 0 Å². The second kappa shape index (κ2) is 3.49. The van der Waals surface area contributed by atoms with E-state index in [-0.39, 0.29) is 0 Å². The third-order valence-electron chi connectivity index (χ3n) is 2.09. The molecule has 0 saturated heterocycles. The third kappa shape index (κ3) is 1.25. The van der Waals surface area contributed by atoms with Crippen molar-refractivity contribution in [2.75, 3.05) is 7.11 Å². The van der Waals surface area contributed by atoms with E-state index in [1.54, 1.807) is 18.0 Å². The van der Waals surface area contributed by atoms with Crippen LogP contribution in [0.3, 0.4) is 0 Å². The Kier molecular flexibility index (Phi) is 2.18. The van der Waals surface area contributed by atoms with E-state index in [0.29, 0.717) is 6.54 Å². The molecular weight excluding hydrogens is 180 g/mol. The fraction of sp³-hybridized carbons (Fsp3) is 0.200. The molecule has 72 valence electrons. The van der Waals surface area contributed by atoms with Crippen LogP contribution in [0.1, 0.15) is 0 Å². The van der Waals surface area contributed by atoms with Crippen LogP contribution in [-0.4, -0.2) is 22.9 Å². The lowest BCUT2D eigenvalue weighted by molar-refractivity contribution is -0.108. The minimum absolute atomic E-state index is 0.302. The summed E-state index contributed by atoms with van der Waals surface area (Å²) in [6.07, 6.45) is 2.48. The Hall–Kier alpha value is -1.84. The molecule has 0 amide bonds. The van der Waals surface area contributed by atoms with Crippen LogP contribution in [0, 0.1) is 0 Å². The molecule has 0 aliphatic rings. The number of hydrogen-bond acceptors (Lipinski definition) is 3. The van der Waals surface area contributed by atoms with E-state index in [2.05, 4.69) is 4.98 Å². The van der Waals surface area contributed by atoms with Gasteiger partial charge < -0.3 is 14.1 Å². The van der Waals surface area contributed by atoms with Crippen LogP contribution in [-0.2, 0) is 11.3 Å². The molecule has 14 heavy (non-hydrogen) atoms. The first-order chi connectivity index (χ1) is 6.86. The Bertz CT molecular complexity index is 462. The van der Waals surface area contributed by atoms with Crippen LogP contribution in [0.25, 0.3) is 11.0 Å². The normalized spacial score (nSPS) is 10.4. The van der Waals surface area contributed by atoms with Crippen LogP contribution in [0.5, 0.6) is 5.75 Å². The van der Waals surface area contributed by atoms with Crippen LogP contribution >= 0.6 is 0 Å². The standard InChI is InChI=1S/C10H10N2O2/c1-14-9-4-2-3-8-10(9)12(5-6-13)7-11-8/h2-4,6-7H,5H2,1H3. The number of aldehydes is 1. The van der Waals surface area contributed by atoms with Crippen LogP contribution < -0.4 is 4.74 Å². The van der Waals surface area contributed by atoms with Gasteiger partial charge in [-0.25, -0.2) is 4.98 Å². The fourth-order valence-corrected chi connectivity index (χ4v) is 1.48. The lowest BCUT2D eigenvalue weighted by atomic mass is 10.3. The maximum Gasteiger partial charge on any atom is 0.144 e. The number of nitrogens with zero attached hydrogens (tertiary/aromatic N) is 2. The molecule has 1 aromatic carbocycles. The van der Waals surface area contributed by atoms with Crippen molar-refractivity contribution in [2.24, 2.45) is 0 Å². The van der Waals surface area contributed by atoms with Gasteiger partial charge in [0.15, 0.2) is 0 Å². The zero-order chi connectivity index (χ0) is 9.97. The predicted molar refractivity (Wildman–Crippen MR) is 52.3 cm³/mol. The lowest BCUT2D eigenvalue weighted by Gasteiger charge is -2.04. The van der Waals surface area contributed by atoms with Gasteiger partial charge in [0.2, 0.25) is 0 Å². The molecule has 0 saturated carbocycles. The molecule has 1 aromatic heterocycles. The Morgan fingerprint density at radius 2 is 2.43 bits per heavy atom. The summed E-state index contributed by atoms with van der Waals surface area (Å²) in [5.41, 5.74) is 1.70. The maximum absolute atomic E-state index is 10.4. The summed E-state index contributed by atoms with van der Waals surface area (Å²) in [5.74, 6) is 0.738. The first kappa shape index (κ1) is 8.74. The number of carbonyl (C=O) groups excluding carboxylic acids is 1. The van der Waals surface area contributed by atoms with Crippen molar-refractivity contribution in [2.45, 2.75) is 6.54 Å². The summed E-state index contributed by atoms with van der Waals surface area (Å²) < 4.78 is 6.96. The molecule has 0 aliphatic heterocycles. The van der Waals surface area contributed by atoms with Gasteiger partial charge in [-0.15, -0.1) is 0 Å². The molecule has 0 aliphatic carbocycles. The average Bonchev–Trinajstić information content (AvgIpc) is 2.62. The first-order valence-electron chi connectivity index (χ1n) is 4.28. The summed E-state index contributed by atoms with van der Waals surface area (Å²) in [6, 6.07) is 5.61. The number of hydrogen-bond donors (Lipinski definition) is 0. The number of rotatable bonds is 3. The highest BCUT2D eigenvalue weighted by Crippen LogP contribution is 2.23. The topological polar surface area (TPSA) is 44.1 Å². The molecule has 2 rings (SSSR count). The SMILES string of the molecule is COc1cccc2ncn(CC=O)c12. The van der Waals surface area contributed by atoms with Gasteiger partial charge in [0, 0.05) is 0 Å². The molecule has 4 heteroatoms. The van der Waals surface area contributed by atoms with Gasteiger partial charge >= 0.3 is 0 Å². The molecule has 0 unspecified atom stereocenters. The van der Waals surface area contributed by atoms with E-state index >= 15 is 0 Å². The molecule has 4 nitrogen and oxygen atoms in total. The number of fused-ring (bicyclic) bond motifs is 1. The van der Waals surface area contributed by atoms with Gasteiger partial charge in [0.1, 0.15) is 17.6 Å². The Morgan fingerprint density at radius 3 is 3.14 bits per heavy atom. The number of benzene rings is 1. The monoisotopic (exact) mass is 190 g/mol. The summed E-state index contributed by atoms with van der Waals surface area (Å²) in [4.78, 5) is 14.6. The minimum Gasteiger partial charge on any atom is -0.494 e. The molecule has 0 bridgehead atoms. The fourth-order valence-electron chi connectivity index (χ4n) is 1.48. The van der Waals surface area contributed by atoms with E-state index < -0.39 is 0 Å². The summed E-state index contributed by atoms with van der Waals surface area (Å²) in [6.45, 7) is 0.302. The third-order valence-corrected chi connectivity index (χ3v) is 2.09. The van der Waals surface area contributed by atoms with Crippen molar-refractivity contribution in [3.63, 3.8) is 0 Å². The number of methoxy groups -OCH3 is 1. The van der Waals surface area contributed by atoms with Gasteiger partial charge in [-0.2, -0.15) is 0 Å². The summed E-state index contributed by atoms with van der Waals surface area (Å²) >= 11 is 0. The largest absolute Gasteiger partial charge is 0.494 e. The Morgan fingerprint density at radius 1 is 1.57 bits per heavy atom. The van der Waals surface area contributed by atoms with E-state index in [1.807, 2.05) is 18.2 Å². The zero-order valence-electron chi connectivity index (χ0n) is 7.80. The quantitative estimate of drug-likeness (QED) is 0.684. The van der Waals surface area contributed by atoms with Gasteiger partial charge in [-0.1, -0.05) is 6.07 Å². The highest BCUT2D eigenvalue weighted by atomic mass is 16.5. The summed E-state index contributed by atoms with van der Waals surface area (Å²) in [7, 11) is 1.60. The van der Waals surface area contributed by atoms with Crippen molar-refractivity contribution >= 4 is 17.3 Å².